The molecule has 1 N–H and O–H groups in total. The standard InChI is InChI=1S/C22H31N5O/c1-25(16-18-6-4-9-21(14-18)27-12-5-11-24-27)22(28)23-15-19-10-13-26(17-19)20-7-2-3-8-20/h4-6,9,11-12,14,19-20H,2-3,7-8,10,13,15-17H2,1H3,(H,23,28)/t19-/m0/s1. The lowest BCUT2D eigenvalue weighted by molar-refractivity contribution is 0.203. The molecule has 2 amide bonds. The average molecular weight is 382 g/mol. The zero-order valence-corrected chi connectivity index (χ0v) is 16.8. The van der Waals surface area contributed by atoms with Crippen molar-refractivity contribution in [3.05, 3.63) is 48.3 Å². The second-order valence-electron chi connectivity index (χ2n) is 8.25. The molecule has 2 aliphatic rings. The monoisotopic (exact) mass is 381 g/mol. The summed E-state index contributed by atoms with van der Waals surface area (Å²) >= 11 is 0. The second-order valence-corrected chi connectivity index (χ2v) is 8.25. The maximum Gasteiger partial charge on any atom is 0.317 e. The van der Waals surface area contributed by atoms with E-state index in [2.05, 4.69) is 21.4 Å². The van der Waals surface area contributed by atoms with E-state index in [-0.39, 0.29) is 6.03 Å². The molecule has 0 unspecified atom stereocenters. The van der Waals surface area contributed by atoms with Crippen LogP contribution in [0.25, 0.3) is 5.69 Å². The van der Waals surface area contributed by atoms with Gasteiger partial charge in [-0.15, -0.1) is 0 Å². The van der Waals surface area contributed by atoms with Crippen molar-refractivity contribution in [1.82, 2.24) is 24.9 Å². The van der Waals surface area contributed by atoms with Gasteiger partial charge < -0.3 is 15.1 Å². The quantitative estimate of drug-likeness (QED) is 0.835. The van der Waals surface area contributed by atoms with Gasteiger partial charge >= 0.3 is 6.03 Å². The SMILES string of the molecule is CN(Cc1cccc(-n2cccn2)c1)C(=O)NC[C@@H]1CCN(C2CCCC2)C1. The first-order chi connectivity index (χ1) is 13.7. The number of nitrogens with one attached hydrogen (secondary N) is 1. The van der Waals surface area contributed by atoms with Crippen LogP contribution < -0.4 is 5.32 Å². The molecule has 2 fully saturated rings. The normalized spacial score (nSPS) is 20.5. The first kappa shape index (κ1) is 19.0. The molecule has 28 heavy (non-hydrogen) atoms. The van der Waals surface area contributed by atoms with E-state index in [0.29, 0.717) is 12.5 Å². The minimum absolute atomic E-state index is 0.00353. The Labute approximate surface area is 167 Å². The molecular weight excluding hydrogens is 350 g/mol. The van der Waals surface area contributed by atoms with E-state index in [9.17, 15) is 4.79 Å². The topological polar surface area (TPSA) is 53.4 Å². The summed E-state index contributed by atoms with van der Waals surface area (Å²) in [6.07, 6.45) is 10.4. The number of hydrogen-bond donors (Lipinski definition) is 1. The van der Waals surface area contributed by atoms with Crippen LogP contribution >= 0.6 is 0 Å². The highest BCUT2D eigenvalue weighted by Crippen LogP contribution is 2.28. The first-order valence-corrected chi connectivity index (χ1v) is 10.5. The summed E-state index contributed by atoms with van der Waals surface area (Å²) in [5, 5.41) is 7.41. The van der Waals surface area contributed by atoms with Gasteiger partial charge in [0.15, 0.2) is 0 Å². The van der Waals surface area contributed by atoms with Gasteiger partial charge in [0.2, 0.25) is 0 Å². The Morgan fingerprint density at radius 2 is 2.11 bits per heavy atom. The van der Waals surface area contributed by atoms with Crippen LogP contribution in [-0.2, 0) is 6.54 Å². The third-order valence-corrected chi connectivity index (χ3v) is 6.15. The maximum absolute atomic E-state index is 12.5. The van der Waals surface area contributed by atoms with E-state index in [0.717, 1.165) is 30.4 Å². The zero-order chi connectivity index (χ0) is 19.3. The summed E-state index contributed by atoms with van der Waals surface area (Å²) in [6.45, 7) is 3.70. The Kier molecular flexibility index (Phi) is 5.95. The number of carbonyl (C=O) groups excluding carboxylic acids is 1. The molecule has 1 saturated carbocycles. The maximum atomic E-state index is 12.5. The van der Waals surface area contributed by atoms with Gasteiger partial charge in [0.25, 0.3) is 0 Å². The Balaban J connectivity index is 1.24. The lowest BCUT2D eigenvalue weighted by Crippen LogP contribution is -2.40. The molecule has 2 aromatic rings. The van der Waals surface area contributed by atoms with Crippen LogP contribution in [-0.4, -0.2) is 58.3 Å². The number of urea groups is 1. The van der Waals surface area contributed by atoms with Crippen LogP contribution in [0, 0.1) is 5.92 Å². The van der Waals surface area contributed by atoms with Gasteiger partial charge in [-0.3, -0.25) is 0 Å². The first-order valence-electron chi connectivity index (χ1n) is 10.5. The molecule has 4 rings (SSSR count). The van der Waals surface area contributed by atoms with E-state index in [4.69, 9.17) is 0 Å². The van der Waals surface area contributed by atoms with Crippen molar-refractivity contribution in [2.75, 3.05) is 26.7 Å². The number of benzene rings is 1. The van der Waals surface area contributed by atoms with Crippen LogP contribution in [0.2, 0.25) is 0 Å². The lowest BCUT2D eigenvalue weighted by Gasteiger charge is -2.24. The predicted octanol–water partition coefficient (Wildman–Crippen LogP) is 3.28. The molecule has 0 radical (unpaired) electrons. The fourth-order valence-electron chi connectivity index (χ4n) is 4.56. The minimum atomic E-state index is 0.00353. The van der Waals surface area contributed by atoms with Crippen molar-refractivity contribution in [3.63, 3.8) is 0 Å². The summed E-state index contributed by atoms with van der Waals surface area (Å²) in [6, 6.07) is 10.9. The molecule has 0 bridgehead atoms. The summed E-state index contributed by atoms with van der Waals surface area (Å²) in [5.74, 6) is 0.584. The van der Waals surface area contributed by atoms with Crippen LogP contribution in [0.3, 0.4) is 0 Å². The molecule has 1 aliphatic carbocycles. The number of rotatable bonds is 6. The molecule has 1 saturated heterocycles. The molecule has 150 valence electrons. The van der Waals surface area contributed by atoms with Gasteiger partial charge in [0.1, 0.15) is 0 Å². The fourth-order valence-corrected chi connectivity index (χ4v) is 4.56. The highest BCUT2D eigenvalue weighted by atomic mass is 16.2. The molecule has 1 atom stereocenters. The molecule has 0 spiro atoms. The van der Waals surface area contributed by atoms with E-state index < -0.39 is 0 Å². The van der Waals surface area contributed by atoms with Gasteiger partial charge in [0.05, 0.1) is 5.69 Å². The van der Waals surface area contributed by atoms with Crippen molar-refractivity contribution in [1.29, 1.82) is 0 Å². The number of nitrogens with zero attached hydrogens (tertiary/aromatic N) is 4. The van der Waals surface area contributed by atoms with Crippen LogP contribution in [0.15, 0.2) is 42.7 Å². The summed E-state index contributed by atoms with van der Waals surface area (Å²) in [7, 11) is 1.86. The average Bonchev–Trinajstić information content (AvgIpc) is 3.48. The Morgan fingerprint density at radius 3 is 2.89 bits per heavy atom. The number of amides is 2. The summed E-state index contributed by atoms with van der Waals surface area (Å²) in [4.78, 5) is 16.9. The lowest BCUT2D eigenvalue weighted by atomic mass is 10.1. The predicted molar refractivity (Wildman–Crippen MR) is 110 cm³/mol. The molecular formula is C22H31N5O. The van der Waals surface area contributed by atoms with Crippen molar-refractivity contribution in [2.45, 2.75) is 44.7 Å². The highest BCUT2D eigenvalue weighted by molar-refractivity contribution is 5.73. The van der Waals surface area contributed by atoms with Crippen molar-refractivity contribution >= 4 is 6.03 Å². The Bertz CT molecular complexity index is 769. The van der Waals surface area contributed by atoms with E-state index in [1.807, 2.05) is 42.2 Å². The zero-order valence-electron chi connectivity index (χ0n) is 16.8. The third kappa shape index (κ3) is 4.55. The van der Waals surface area contributed by atoms with E-state index >= 15 is 0 Å². The van der Waals surface area contributed by atoms with Crippen molar-refractivity contribution in [3.8, 4) is 5.69 Å². The molecule has 2 heterocycles. The Morgan fingerprint density at radius 1 is 1.25 bits per heavy atom. The van der Waals surface area contributed by atoms with Crippen molar-refractivity contribution in [2.24, 2.45) is 5.92 Å². The van der Waals surface area contributed by atoms with Crippen molar-refractivity contribution < 1.29 is 4.79 Å². The summed E-state index contributed by atoms with van der Waals surface area (Å²) < 4.78 is 1.83. The van der Waals surface area contributed by atoms with E-state index in [1.165, 1.54) is 38.6 Å². The van der Waals surface area contributed by atoms with E-state index in [1.54, 1.807) is 11.1 Å². The molecule has 1 aromatic carbocycles. The van der Waals surface area contributed by atoms with Crippen LogP contribution in [0.4, 0.5) is 4.79 Å². The largest absolute Gasteiger partial charge is 0.338 e. The third-order valence-electron chi connectivity index (χ3n) is 6.15. The number of hydrogen-bond acceptors (Lipinski definition) is 3. The van der Waals surface area contributed by atoms with Crippen LogP contribution in [0.5, 0.6) is 0 Å². The smallest absolute Gasteiger partial charge is 0.317 e. The molecule has 6 heteroatoms. The van der Waals surface area contributed by atoms with Gasteiger partial charge in [-0.05, 0) is 55.5 Å². The summed E-state index contributed by atoms with van der Waals surface area (Å²) in [5.41, 5.74) is 2.10. The number of aromatic nitrogens is 2. The van der Waals surface area contributed by atoms with Gasteiger partial charge in [-0.1, -0.05) is 25.0 Å². The highest BCUT2D eigenvalue weighted by Gasteiger charge is 2.30. The molecule has 1 aliphatic heterocycles. The second kappa shape index (κ2) is 8.78. The number of likely N-dealkylation sites (tertiary alicyclic amines) is 1. The van der Waals surface area contributed by atoms with Gasteiger partial charge in [-0.25, -0.2) is 9.48 Å². The minimum Gasteiger partial charge on any atom is -0.338 e. The molecule has 6 nitrogen and oxygen atoms in total. The Hall–Kier alpha value is -2.34. The molecule has 1 aromatic heterocycles. The number of carbonyl (C=O) groups is 1. The van der Waals surface area contributed by atoms with Crippen LogP contribution in [0.1, 0.15) is 37.7 Å². The van der Waals surface area contributed by atoms with Gasteiger partial charge in [-0.2, -0.15) is 5.10 Å². The van der Waals surface area contributed by atoms with Gasteiger partial charge in [0, 0.05) is 45.1 Å². The fraction of sp³-hybridized carbons (Fsp3) is 0.545.